The summed E-state index contributed by atoms with van der Waals surface area (Å²) in [4.78, 5) is 43.7. The van der Waals surface area contributed by atoms with E-state index in [9.17, 15) is 14.4 Å². The summed E-state index contributed by atoms with van der Waals surface area (Å²) in [5.41, 5.74) is -0.740. The molecule has 1 saturated heterocycles. The van der Waals surface area contributed by atoms with Crippen molar-refractivity contribution >= 4 is 29.2 Å². The third kappa shape index (κ3) is 4.34. The highest BCUT2D eigenvalue weighted by Gasteiger charge is 2.53. The molecule has 9 nitrogen and oxygen atoms in total. The first-order chi connectivity index (χ1) is 14.7. The highest BCUT2D eigenvalue weighted by molar-refractivity contribution is 7.13. The molecule has 3 amide bonds. The van der Waals surface area contributed by atoms with Crippen molar-refractivity contribution in [2.24, 2.45) is 11.3 Å². The first-order valence-corrected chi connectivity index (χ1v) is 11.2. The number of imide groups is 1. The second-order valence-electron chi connectivity index (χ2n) is 9.19. The molecule has 0 radical (unpaired) electrons. The fourth-order valence-corrected chi connectivity index (χ4v) is 4.92. The van der Waals surface area contributed by atoms with Gasteiger partial charge in [0.05, 0.1) is 4.88 Å². The van der Waals surface area contributed by atoms with Gasteiger partial charge in [-0.3, -0.25) is 14.5 Å². The summed E-state index contributed by atoms with van der Waals surface area (Å²) in [5, 5.41) is 8.57. The highest BCUT2D eigenvalue weighted by atomic mass is 32.1. The standard InChI is InChI=1S/C21H26N4O5S/c1-20(2,3)13-6-8-21(9-7-13)18(27)25(19(28)23-21)11-16(26)29-12-15-22-17(24-30-15)14-5-4-10-31-14/h4-5,10,13H,6-9,11-12H2,1-3H3,(H,23,28). The predicted octanol–water partition coefficient (Wildman–Crippen LogP) is 3.37. The van der Waals surface area contributed by atoms with Crippen LogP contribution in [0.1, 0.15) is 52.3 Å². The van der Waals surface area contributed by atoms with E-state index in [1.165, 1.54) is 11.3 Å². The van der Waals surface area contributed by atoms with Crippen molar-refractivity contribution in [3.05, 3.63) is 23.4 Å². The monoisotopic (exact) mass is 446 g/mol. The van der Waals surface area contributed by atoms with Gasteiger partial charge < -0.3 is 14.6 Å². The summed E-state index contributed by atoms with van der Waals surface area (Å²) in [6.45, 7) is 5.92. The maximum Gasteiger partial charge on any atom is 0.326 e. The molecule has 31 heavy (non-hydrogen) atoms. The predicted molar refractivity (Wildman–Crippen MR) is 112 cm³/mol. The quantitative estimate of drug-likeness (QED) is 0.553. The molecule has 2 aliphatic rings. The number of urea groups is 1. The van der Waals surface area contributed by atoms with Crippen LogP contribution in [0.15, 0.2) is 22.0 Å². The summed E-state index contributed by atoms with van der Waals surface area (Å²) in [5.74, 6) is 0.00331. The molecule has 1 aliphatic carbocycles. The number of carbonyl (C=O) groups excluding carboxylic acids is 3. The maximum absolute atomic E-state index is 13.0. The van der Waals surface area contributed by atoms with Crippen LogP contribution in [0.5, 0.6) is 0 Å². The molecule has 2 aromatic heterocycles. The van der Waals surface area contributed by atoms with Crippen LogP contribution in [-0.4, -0.2) is 45.0 Å². The normalized spacial score (nSPS) is 24.0. The zero-order valence-corrected chi connectivity index (χ0v) is 18.7. The molecule has 3 heterocycles. The van der Waals surface area contributed by atoms with Gasteiger partial charge in [0.15, 0.2) is 6.61 Å². The molecule has 0 bridgehead atoms. The van der Waals surface area contributed by atoms with E-state index >= 15 is 0 Å². The zero-order valence-electron chi connectivity index (χ0n) is 17.8. The number of nitrogens with one attached hydrogen (secondary N) is 1. The Bertz CT molecular complexity index is 970. The number of aromatic nitrogens is 2. The Hall–Kier alpha value is -2.75. The van der Waals surface area contributed by atoms with Crippen LogP contribution in [-0.2, 0) is 20.9 Å². The van der Waals surface area contributed by atoms with Gasteiger partial charge in [0.2, 0.25) is 5.82 Å². The van der Waals surface area contributed by atoms with E-state index in [1.807, 2.05) is 17.5 Å². The lowest BCUT2D eigenvalue weighted by molar-refractivity contribution is -0.149. The van der Waals surface area contributed by atoms with E-state index in [0.29, 0.717) is 24.6 Å². The molecule has 10 heteroatoms. The van der Waals surface area contributed by atoms with Crippen LogP contribution in [0.4, 0.5) is 4.79 Å². The maximum atomic E-state index is 13.0. The van der Waals surface area contributed by atoms with Crippen LogP contribution in [0.3, 0.4) is 0 Å². The van der Waals surface area contributed by atoms with Crippen LogP contribution < -0.4 is 5.32 Å². The molecule has 2 aromatic rings. The Balaban J connectivity index is 1.31. The molecule has 1 aliphatic heterocycles. The fraction of sp³-hybridized carbons (Fsp3) is 0.571. The first-order valence-electron chi connectivity index (χ1n) is 10.3. The van der Waals surface area contributed by atoms with E-state index in [1.54, 1.807) is 0 Å². The number of hydrogen-bond acceptors (Lipinski definition) is 8. The zero-order chi connectivity index (χ0) is 22.2. The average Bonchev–Trinajstić information content (AvgIpc) is 3.44. The van der Waals surface area contributed by atoms with Gasteiger partial charge in [-0.1, -0.05) is 32.0 Å². The van der Waals surface area contributed by atoms with Gasteiger partial charge in [0.1, 0.15) is 12.1 Å². The van der Waals surface area contributed by atoms with Crippen molar-refractivity contribution in [2.75, 3.05) is 6.54 Å². The number of nitrogens with zero attached hydrogens (tertiary/aromatic N) is 3. The van der Waals surface area contributed by atoms with Crippen molar-refractivity contribution in [3.8, 4) is 10.7 Å². The fourth-order valence-electron chi connectivity index (χ4n) is 4.27. The lowest BCUT2D eigenvalue weighted by Gasteiger charge is -2.40. The van der Waals surface area contributed by atoms with Crippen molar-refractivity contribution in [1.82, 2.24) is 20.4 Å². The molecule has 2 fully saturated rings. The number of carbonyl (C=O) groups is 3. The molecule has 0 unspecified atom stereocenters. The number of rotatable bonds is 5. The lowest BCUT2D eigenvalue weighted by Crippen LogP contribution is -2.50. The number of hydrogen-bond donors (Lipinski definition) is 1. The molecule has 0 aromatic carbocycles. The Morgan fingerprint density at radius 3 is 2.74 bits per heavy atom. The minimum atomic E-state index is -0.902. The molecule has 0 atom stereocenters. The SMILES string of the molecule is CC(C)(C)C1CCC2(CC1)NC(=O)N(CC(=O)OCc1nc(-c3cccs3)no1)C2=O. The average molecular weight is 447 g/mol. The molecule has 166 valence electrons. The summed E-state index contributed by atoms with van der Waals surface area (Å²) in [7, 11) is 0. The van der Waals surface area contributed by atoms with Crippen molar-refractivity contribution in [1.29, 1.82) is 0 Å². The smallest absolute Gasteiger partial charge is 0.326 e. The van der Waals surface area contributed by atoms with Crippen LogP contribution >= 0.6 is 11.3 Å². The second kappa shape index (κ2) is 8.07. The van der Waals surface area contributed by atoms with E-state index < -0.39 is 24.1 Å². The molecular weight excluding hydrogens is 420 g/mol. The molecule has 1 saturated carbocycles. The first kappa shape index (κ1) is 21.5. The highest BCUT2D eigenvalue weighted by Crippen LogP contribution is 2.43. The van der Waals surface area contributed by atoms with Gasteiger partial charge >= 0.3 is 12.0 Å². The van der Waals surface area contributed by atoms with Crippen LogP contribution in [0.2, 0.25) is 0 Å². The number of esters is 1. The van der Waals surface area contributed by atoms with Gasteiger partial charge in [0, 0.05) is 0 Å². The molecule has 1 spiro atoms. The Labute approximate surface area is 184 Å². The van der Waals surface area contributed by atoms with Crippen molar-refractivity contribution < 1.29 is 23.6 Å². The van der Waals surface area contributed by atoms with E-state index in [2.05, 4.69) is 36.2 Å². The van der Waals surface area contributed by atoms with Crippen LogP contribution in [0, 0.1) is 11.3 Å². The third-order valence-electron chi connectivity index (χ3n) is 6.16. The van der Waals surface area contributed by atoms with Gasteiger partial charge in [0.25, 0.3) is 11.8 Å². The number of thiophene rings is 1. The van der Waals surface area contributed by atoms with E-state index in [0.717, 1.165) is 22.6 Å². The number of amides is 3. The molecule has 4 rings (SSSR count). The van der Waals surface area contributed by atoms with Gasteiger partial charge in [-0.15, -0.1) is 11.3 Å². The Morgan fingerprint density at radius 1 is 1.35 bits per heavy atom. The van der Waals surface area contributed by atoms with Gasteiger partial charge in [-0.25, -0.2) is 4.79 Å². The number of ether oxygens (including phenoxy) is 1. The lowest BCUT2D eigenvalue weighted by atomic mass is 9.67. The van der Waals surface area contributed by atoms with Gasteiger partial charge in [-0.05, 0) is 48.5 Å². The topological polar surface area (TPSA) is 115 Å². The molecular formula is C21H26N4O5S. The van der Waals surface area contributed by atoms with E-state index in [-0.39, 0.29) is 23.8 Å². The summed E-state index contributed by atoms with van der Waals surface area (Å²) in [6.07, 6.45) is 2.88. The Morgan fingerprint density at radius 2 is 2.10 bits per heavy atom. The van der Waals surface area contributed by atoms with E-state index in [4.69, 9.17) is 9.26 Å². The second-order valence-corrected chi connectivity index (χ2v) is 10.1. The van der Waals surface area contributed by atoms with Gasteiger partial charge in [-0.2, -0.15) is 4.98 Å². The van der Waals surface area contributed by atoms with Crippen molar-refractivity contribution in [2.45, 2.75) is 58.6 Å². The largest absolute Gasteiger partial charge is 0.454 e. The van der Waals surface area contributed by atoms with Crippen molar-refractivity contribution in [3.63, 3.8) is 0 Å². The minimum Gasteiger partial charge on any atom is -0.454 e. The summed E-state index contributed by atoms with van der Waals surface area (Å²) in [6, 6.07) is 3.18. The van der Waals surface area contributed by atoms with Crippen LogP contribution in [0.25, 0.3) is 10.7 Å². The Kier molecular flexibility index (Phi) is 5.59. The summed E-state index contributed by atoms with van der Waals surface area (Å²) < 4.78 is 10.2. The molecule has 1 N–H and O–H groups in total. The minimum absolute atomic E-state index is 0.144. The summed E-state index contributed by atoms with van der Waals surface area (Å²) >= 11 is 1.47. The third-order valence-corrected chi connectivity index (χ3v) is 7.03.